The van der Waals surface area contributed by atoms with E-state index in [4.69, 9.17) is 10.5 Å². The maximum absolute atomic E-state index is 11.8. The normalized spacial score (nSPS) is 12.2. The van der Waals surface area contributed by atoms with Crippen LogP contribution in [0.4, 0.5) is 5.69 Å². The number of methoxy groups -OCH3 is 1. The van der Waals surface area contributed by atoms with Gasteiger partial charge in [-0.1, -0.05) is 18.2 Å². The maximum Gasteiger partial charge on any atom is 0.257 e. The highest BCUT2D eigenvalue weighted by molar-refractivity contribution is 5.96. The monoisotopic (exact) mass is 208 g/mol. The zero-order valence-electron chi connectivity index (χ0n) is 9.01. The minimum absolute atomic E-state index is 0.133. The second kappa shape index (κ2) is 5.48. The predicted molar refractivity (Wildman–Crippen MR) is 59.7 cm³/mol. The van der Waals surface area contributed by atoms with Crippen molar-refractivity contribution >= 4 is 11.6 Å². The number of ether oxygens (including phenoxy) is 1. The smallest absolute Gasteiger partial charge is 0.257 e. The summed E-state index contributed by atoms with van der Waals surface area (Å²) in [6.45, 7) is 0.187. The lowest BCUT2D eigenvalue weighted by Crippen LogP contribution is -2.41. The van der Waals surface area contributed by atoms with E-state index in [1.165, 1.54) is 7.11 Å². The average molecular weight is 208 g/mol. The molecule has 0 bridgehead atoms. The van der Waals surface area contributed by atoms with Gasteiger partial charge in [0, 0.05) is 26.4 Å². The third-order valence-electron chi connectivity index (χ3n) is 2.25. The summed E-state index contributed by atoms with van der Waals surface area (Å²) in [7, 11) is 3.19. The van der Waals surface area contributed by atoms with E-state index in [-0.39, 0.29) is 12.5 Å². The van der Waals surface area contributed by atoms with E-state index < -0.39 is 6.10 Å². The van der Waals surface area contributed by atoms with Gasteiger partial charge in [0.2, 0.25) is 0 Å². The fourth-order valence-corrected chi connectivity index (χ4v) is 1.29. The third-order valence-corrected chi connectivity index (χ3v) is 2.25. The number of anilines is 1. The molecule has 0 aliphatic heterocycles. The van der Waals surface area contributed by atoms with Gasteiger partial charge >= 0.3 is 0 Å². The van der Waals surface area contributed by atoms with Gasteiger partial charge in [0.15, 0.2) is 0 Å². The average Bonchev–Trinajstić information content (AvgIpc) is 2.30. The molecule has 0 heterocycles. The van der Waals surface area contributed by atoms with Crippen LogP contribution in [-0.4, -0.2) is 32.7 Å². The standard InChI is InChI=1S/C11H16N2O2/c1-13(9-6-4-3-5-7-9)11(14)10(8-12)15-2/h3-7,10H,8,12H2,1-2H3. The van der Waals surface area contributed by atoms with E-state index in [0.717, 1.165) is 5.69 Å². The molecule has 1 rings (SSSR count). The number of hydrogen-bond donors (Lipinski definition) is 1. The SMILES string of the molecule is COC(CN)C(=O)N(C)c1ccccc1. The number of para-hydroxylation sites is 1. The summed E-state index contributed by atoms with van der Waals surface area (Å²) < 4.78 is 4.99. The summed E-state index contributed by atoms with van der Waals surface area (Å²) in [5.74, 6) is -0.133. The van der Waals surface area contributed by atoms with Gasteiger partial charge in [-0.15, -0.1) is 0 Å². The van der Waals surface area contributed by atoms with E-state index in [0.29, 0.717) is 0 Å². The van der Waals surface area contributed by atoms with Crippen LogP contribution >= 0.6 is 0 Å². The highest BCUT2D eigenvalue weighted by atomic mass is 16.5. The minimum atomic E-state index is -0.574. The van der Waals surface area contributed by atoms with Crippen LogP contribution in [0.1, 0.15) is 0 Å². The summed E-state index contributed by atoms with van der Waals surface area (Å²) in [4.78, 5) is 13.4. The molecule has 4 nitrogen and oxygen atoms in total. The molecular formula is C11H16N2O2. The fraction of sp³-hybridized carbons (Fsp3) is 0.364. The molecule has 1 aromatic carbocycles. The van der Waals surface area contributed by atoms with E-state index >= 15 is 0 Å². The van der Waals surface area contributed by atoms with E-state index in [2.05, 4.69) is 0 Å². The van der Waals surface area contributed by atoms with Crippen molar-refractivity contribution in [2.24, 2.45) is 5.73 Å². The molecule has 15 heavy (non-hydrogen) atoms. The summed E-state index contributed by atoms with van der Waals surface area (Å²) >= 11 is 0. The number of nitrogens with zero attached hydrogens (tertiary/aromatic N) is 1. The summed E-state index contributed by atoms with van der Waals surface area (Å²) in [5, 5.41) is 0. The van der Waals surface area contributed by atoms with Crippen molar-refractivity contribution in [1.29, 1.82) is 0 Å². The Balaban J connectivity index is 2.76. The minimum Gasteiger partial charge on any atom is -0.370 e. The Morgan fingerprint density at radius 1 is 1.47 bits per heavy atom. The highest BCUT2D eigenvalue weighted by Gasteiger charge is 2.20. The van der Waals surface area contributed by atoms with Crippen LogP contribution in [0.25, 0.3) is 0 Å². The molecule has 1 atom stereocenters. The van der Waals surface area contributed by atoms with Gasteiger partial charge in [-0.05, 0) is 12.1 Å². The van der Waals surface area contributed by atoms with Gasteiger partial charge in [0.05, 0.1) is 0 Å². The number of carbonyl (C=O) groups excluding carboxylic acids is 1. The fourth-order valence-electron chi connectivity index (χ4n) is 1.29. The zero-order chi connectivity index (χ0) is 11.3. The first-order valence-corrected chi connectivity index (χ1v) is 4.76. The molecule has 82 valence electrons. The van der Waals surface area contributed by atoms with Crippen LogP contribution in [0.15, 0.2) is 30.3 Å². The van der Waals surface area contributed by atoms with Gasteiger partial charge in [-0.3, -0.25) is 4.79 Å². The number of rotatable bonds is 4. The van der Waals surface area contributed by atoms with Crippen molar-refractivity contribution in [2.75, 3.05) is 25.6 Å². The summed E-state index contributed by atoms with van der Waals surface area (Å²) in [5.41, 5.74) is 6.26. The zero-order valence-corrected chi connectivity index (χ0v) is 9.01. The number of carbonyl (C=O) groups is 1. The molecule has 1 aromatic rings. The van der Waals surface area contributed by atoms with Crippen molar-refractivity contribution in [3.8, 4) is 0 Å². The Morgan fingerprint density at radius 2 is 2.07 bits per heavy atom. The van der Waals surface area contributed by atoms with E-state index in [9.17, 15) is 4.79 Å². The Morgan fingerprint density at radius 3 is 2.53 bits per heavy atom. The molecule has 4 heteroatoms. The number of benzene rings is 1. The molecular weight excluding hydrogens is 192 g/mol. The van der Waals surface area contributed by atoms with Crippen LogP contribution < -0.4 is 10.6 Å². The van der Waals surface area contributed by atoms with Gasteiger partial charge < -0.3 is 15.4 Å². The van der Waals surface area contributed by atoms with Gasteiger partial charge in [-0.25, -0.2) is 0 Å². The Kier molecular flexibility index (Phi) is 4.27. The molecule has 1 amide bonds. The topological polar surface area (TPSA) is 55.6 Å². The summed E-state index contributed by atoms with van der Waals surface area (Å²) in [6.07, 6.45) is -0.574. The second-order valence-electron chi connectivity index (χ2n) is 3.19. The molecule has 2 N–H and O–H groups in total. The van der Waals surface area contributed by atoms with Crippen molar-refractivity contribution in [3.63, 3.8) is 0 Å². The largest absolute Gasteiger partial charge is 0.370 e. The second-order valence-corrected chi connectivity index (χ2v) is 3.19. The van der Waals surface area contributed by atoms with Crippen molar-refractivity contribution in [3.05, 3.63) is 30.3 Å². The Labute approximate surface area is 89.6 Å². The van der Waals surface area contributed by atoms with Crippen LogP contribution in [-0.2, 0) is 9.53 Å². The van der Waals surface area contributed by atoms with Gasteiger partial charge in [-0.2, -0.15) is 0 Å². The van der Waals surface area contributed by atoms with Crippen LogP contribution in [0, 0.1) is 0 Å². The first-order chi connectivity index (χ1) is 7.20. The predicted octanol–water partition coefficient (Wildman–Crippen LogP) is 0.623. The lowest BCUT2D eigenvalue weighted by atomic mass is 10.2. The number of likely N-dealkylation sites (N-methyl/N-ethyl adjacent to an activating group) is 1. The van der Waals surface area contributed by atoms with Crippen molar-refractivity contribution < 1.29 is 9.53 Å². The molecule has 0 aromatic heterocycles. The first kappa shape index (κ1) is 11.7. The third kappa shape index (κ3) is 2.78. The number of hydrogen-bond acceptors (Lipinski definition) is 3. The quantitative estimate of drug-likeness (QED) is 0.789. The van der Waals surface area contributed by atoms with Crippen molar-refractivity contribution in [2.45, 2.75) is 6.10 Å². The number of amides is 1. The van der Waals surface area contributed by atoms with Gasteiger partial charge in [0.25, 0.3) is 5.91 Å². The van der Waals surface area contributed by atoms with E-state index in [1.54, 1.807) is 11.9 Å². The molecule has 0 radical (unpaired) electrons. The molecule has 0 aliphatic carbocycles. The maximum atomic E-state index is 11.8. The van der Waals surface area contributed by atoms with Crippen LogP contribution in [0.2, 0.25) is 0 Å². The Bertz CT molecular complexity index is 310. The molecule has 0 fully saturated rings. The molecule has 0 saturated heterocycles. The lowest BCUT2D eigenvalue weighted by Gasteiger charge is -2.21. The highest BCUT2D eigenvalue weighted by Crippen LogP contribution is 2.12. The number of nitrogens with two attached hydrogens (primary N) is 1. The first-order valence-electron chi connectivity index (χ1n) is 4.76. The van der Waals surface area contributed by atoms with Crippen LogP contribution in [0.3, 0.4) is 0 Å². The lowest BCUT2D eigenvalue weighted by molar-refractivity contribution is -0.127. The molecule has 0 aliphatic rings. The van der Waals surface area contributed by atoms with E-state index in [1.807, 2.05) is 30.3 Å². The van der Waals surface area contributed by atoms with Crippen molar-refractivity contribution in [1.82, 2.24) is 0 Å². The molecule has 0 saturated carbocycles. The molecule has 1 unspecified atom stereocenters. The van der Waals surface area contributed by atoms with Crippen LogP contribution in [0.5, 0.6) is 0 Å². The Hall–Kier alpha value is -1.39. The summed E-state index contributed by atoms with van der Waals surface area (Å²) in [6, 6.07) is 9.38. The van der Waals surface area contributed by atoms with Gasteiger partial charge in [0.1, 0.15) is 6.10 Å². The molecule has 0 spiro atoms.